The Morgan fingerprint density at radius 3 is 1.90 bits per heavy atom. The number of rotatable bonds is 7. The van der Waals surface area contributed by atoms with Gasteiger partial charge in [-0.1, -0.05) is 29.8 Å². The molecule has 5 rings (SSSR count). The second-order valence-corrected chi connectivity index (χ2v) is 9.27. The standard InChI is InChI=1S/C30H23ClF3NO5/c1-37-21-10-7-18(14-22(21)38-2)26-25(16-5-8-19(31)9-6-16)28(29(36)30(32,33)34)35-12-11-17-13-23(39-3)24(40-4)15-20(17)27(26)35/h5-15H,1-4H3. The maximum atomic E-state index is 14.1. The molecule has 0 atom stereocenters. The highest BCUT2D eigenvalue weighted by Gasteiger charge is 2.43. The van der Waals surface area contributed by atoms with Crippen LogP contribution in [-0.2, 0) is 0 Å². The quantitative estimate of drug-likeness (QED) is 0.187. The number of carbonyl (C=O) groups excluding carboxylic acids is 1. The van der Waals surface area contributed by atoms with E-state index in [9.17, 15) is 18.0 Å². The van der Waals surface area contributed by atoms with Gasteiger partial charge in [0, 0.05) is 27.7 Å². The summed E-state index contributed by atoms with van der Waals surface area (Å²) >= 11 is 6.11. The molecule has 0 amide bonds. The second kappa shape index (κ2) is 10.3. The summed E-state index contributed by atoms with van der Waals surface area (Å²) in [6.45, 7) is 0. The van der Waals surface area contributed by atoms with Crippen molar-refractivity contribution in [1.29, 1.82) is 0 Å². The van der Waals surface area contributed by atoms with Gasteiger partial charge in [-0.2, -0.15) is 13.2 Å². The third-order valence-electron chi connectivity index (χ3n) is 6.70. The van der Waals surface area contributed by atoms with Crippen molar-refractivity contribution in [2.24, 2.45) is 0 Å². The van der Waals surface area contributed by atoms with Crippen LogP contribution in [-0.4, -0.2) is 44.8 Å². The van der Waals surface area contributed by atoms with Crippen LogP contribution in [0, 0.1) is 0 Å². The molecule has 2 heterocycles. The van der Waals surface area contributed by atoms with Crippen molar-refractivity contribution in [1.82, 2.24) is 4.40 Å². The van der Waals surface area contributed by atoms with Crippen LogP contribution < -0.4 is 18.9 Å². The molecule has 40 heavy (non-hydrogen) atoms. The Kier molecular flexibility index (Phi) is 7.01. The van der Waals surface area contributed by atoms with Crippen molar-refractivity contribution < 1.29 is 36.9 Å². The van der Waals surface area contributed by atoms with E-state index in [1.54, 1.807) is 60.7 Å². The predicted molar refractivity (Wildman–Crippen MR) is 147 cm³/mol. The van der Waals surface area contributed by atoms with Crippen LogP contribution >= 0.6 is 11.6 Å². The number of alkyl halides is 3. The number of Topliss-reactive ketones (excluding diaryl/α,β-unsaturated/α-hetero) is 1. The summed E-state index contributed by atoms with van der Waals surface area (Å²) < 4.78 is 65.5. The van der Waals surface area contributed by atoms with Crippen molar-refractivity contribution in [3.05, 3.63) is 77.6 Å². The summed E-state index contributed by atoms with van der Waals surface area (Å²) in [6.07, 6.45) is -3.69. The molecule has 0 radical (unpaired) electrons. The molecule has 0 unspecified atom stereocenters. The van der Waals surface area contributed by atoms with E-state index in [-0.39, 0.29) is 5.56 Å². The van der Waals surface area contributed by atoms with Gasteiger partial charge in [-0.05, 0) is 59.0 Å². The lowest BCUT2D eigenvalue weighted by atomic mass is 9.93. The number of hydrogen-bond acceptors (Lipinski definition) is 5. The van der Waals surface area contributed by atoms with Gasteiger partial charge in [0.25, 0.3) is 5.78 Å². The van der Waals surface area contributed by atoms with Crippen LogP contribution in [0.25, 0.3) is 38.5 Å². The molecule has 0 aliphatic heterocycles. The van der Waals surface area contributed by atoms with Gasteiger partial charge in [0.05, 0.1) is 34.0 Å². The van der Waals surface area contributed by atoms with E-state index in [1.165, 1.54) is 39.0 Å². The molecule has 0 fully saturated rings. The average molecular weight is 570 g/mol. The van der Waals surface area contributed by atoms with E-state index >= 15 is 0 Å². The van der Waals surface area contributed by atoms with E-state index in [0.717, 1.165) is 0 Å². The van der Waals surface area contributed by atoms with E-state index in [1.807, 2.05) is 0 Å². The summed E-state index contributed by atoms with van der Waals surface area (Å²) in [5, 5.41) is 1.60. The molecular formula is C30H23ClF3NO5. The van der Waals surface area contributed by atoms with E-state index in [2.05, 4.69) is 0 Å². The largest absolute Gasteiger partial charge is 0.493 e. The third kappa shape index (κ3) is 4.46. The maximum absolute atomic E-state index is 14.1. The van der Waals surface area contributed by atoms with Gasteiger partial charge in [0.1, 0.15) is 5.69 Å². The number of carbonyl (C=O) groups is 1. The van der Waals surface area contributed by atoms with Crippen molar-refractivity contribution in [3.8, 4) is 45.3 Å². The molecule has 3 aromatic carbocycles. The predicted octanol–water partition coefficient (Wildman–Crippen LogP) is 7.86. The highest BCUT2D eigenvalue weighted by Crippen LogP contribution is 2.47. The molecule has 0 saturated carbocycles. The van der Waals surface area contributed by atoms with Gasteiger partial charge in [0.2, 0.25) is 0 Å². The average Bonchev–Trinajstić information content (AvgIpc) is 3.30. The third-order valence-corrected chi connectivity index (χ3v) is 6.95. The molecule has 5 aromatic rings. The van der Waals surface area contributed by atoms with Crippen LogP contribution in [0.1, 0.15) is 10.5 Å². The lowest BCUT2D eigenvalue weighted by molar-refractivity contribution is -0.0888. The van der Waals surface area contributed by atoms with Crippen LogP contribution in [0.5, 0.6) is 23.0 Å². The fourth-order valence-electron chi connectivity index (χ4n) is 4.92. The highest BCUT2D eigenvalue weighted by atomic mass is 35.5. The molecule has 0 bridgehead atoms. The van der Waals surface area contributed by atoms with Gasteiger partial charge in [0.15, 0.2) is 23.0 Å². The molecule has 10 heteroatoms. The van der Waals surface area contributed by atoms with Crippen LogP contribution in [0.2, 0.25) is 5.02 Å². The van der Waals surface area contributed by atoms with Gasteiger partial charge in [-0.25, -0.2) is 0 Å². The van der Waals surface area contributed by atoms with Crippen molar-refractivity contribution >= 4 is 33.7 Å². The molecule has 0 N–H and O–H groups in total. The Bertz CT molecular complexity index is 1760. The van der Waals surface area contributed by atoms with Crippen molar-refractivity contribution in [2.75, 3.05) is 28.4 Å². The van der Waals surface area contributed by atoms with Crippen LogP contribution in [0.3, 0.4) is 0 Å². The first kappa shape index (κ1) is 27.2. The number of methoxy groups -OCH3 is 4. The summed E-state index contributed by atoms with van der Waals surface area (Å²) in [6, 6.07) is 16.4. The monoisotopic (exact) mass is 569 g/mol. The summed E-state index contributed by atoms with van der Waals surface area (Å²) in [5.74, 6) is -0.364. The number of ether oxygens (including phenoxy) is 4. The highest BCUT2D eigenvalue weighted by molar-refractivity contribution is 6.30. The topological polar surface area (TPSA) is 58.4 Å². The first-order valence-electron chi connectivity index (χ1n) is 12.0. The Balaban J connectivity index is 2.04. The van der Waals surface area contributed by atoms with E-state index in [0.29, 0.717) is 61.0 Å². The lowest BCUT2D eigenvalue weighted by Crippen LogP contribution is -2.24. The minimum absolute atomic E-state index is 0.0912. The molecule has 6 nitrogen and oxygen atoms in total. The number of aromatic nitrogens is 1. The summed E-state index contributed by atoms with van der Waals surface area (Å²) in [4.78, 5) is 13.1. The molecule has 0 saturated heterocycles. The van der Waals surface area contributed by atoms with Gasteiger partial charge < -0.3 is 23.3 Å². The Labute approximate surface area is 232 Å². The van der Waals surface area contributed by atoms with E-state index < -0.39 is 17.7 Å². The molecular weight excluding hydrogens is 547 g/mol. The van der Waals surface area contributed by atoms with Crippen molar-refractivity contribution in [2.45, 2.75) is 6.18 Å². The molecule has 0 aliphatic rings. The number of benzene rings is 3. The Hall–Kier alpha value is -4.37. The number of hydrogen-bond donors (Lipinski definition) is 0. The maximum Gasteiger partial charge on any atom is 0.456 e. The van der Waals surface area contributed by atoms with Crippen LogP contribution in [0.15, 0.2) is 66.9 Å². The fourth-order valence-corrected chi connectivity index (χ4v) is 5.05. The molecule has 0 aliphatic carbocycles. The minimum Gasteiger partial charge on any atom is -0.493 e. The first-order valence-corrected chi connectivity index (χ1v) is 12.3. The Morgan fingerprint density at radius 2 is 1.30 bits per heavy atom. The normalized spacial score (nSPS) is 11.6. The molecule has 206 valence electrons. The number of halogens is 4. The zero-order chi connectivity index (χ0) is 28.8. The number of fused-ring (bicyclic) bond motifs is 3. The van der Waals surface area contributed by atoms with Gasteiger partial charge in [-0.3, -0.25) is 4.79 Å². The zero-order valence-electron chi connectivity index (χ0n) is 21.9. The summed E-state index contributed by atoms with van der Waals surface area (Å²) in [5.41, 5.74) is 1.18. The van der Waals surface area contributed by atoms with Crippen molar-refractivity contribution in [3.63, 3.8) is 0 Å². The van der Waals surface area contributed by atoms with Gasteiger partial charge >= 0.3 is 6.18 Å². The first-order chi connectivity index (χ1) is 19.1. The fraction of sp³-hybridized carbons (Fsp3) is 0.167. The second-order valence-electron chi connectivity index (χ2n) is 8.83. The minimum atomic E-state index is -5.14. The number of ketones is 1. The smallest absolute Gasteiger partial charge is 0.456 e. The zero-order valence-corrected chi connectivity index (χ0v) is 22.6. The lowest BCUT2D eigenvalue weighted by Gasteiger charge is -2.13. The number of pyridine rings is 1. The Morgan fingerprint density at radius 1 is 0.725 bits per heavy atom. The van der Waals surface area contributed by atoms with Gasteiger partial charge in [-0.15, -0.1) is 0 Å². The SMILES string of the molecule is COc1ccc(-c2c(-c3ccc(Cl)cc3)c(C(=O)C(F)(F)F)n3ccc4cc(OC)c(OC)cc4c23)cc1OC. The molecule has 0 spiro atoms. The number of nitrogens with zero attached hydrogens (tertiary/aromatic N) is 1. The molecule has 2 aromatic heterocycles. The van der Waals surface area contributed by atoms with Crippen LogP contribution in [0.4, 0.5) is 13.2 Å². The summed E-state index contributed by atoms with van der Waals surface area (Å²) in [7, 11) is 5.91. The van der Waals surface area contributed by atoms with E-state index in [4.69, 9.17) is 30.5 Å².